The molecule has 2 rings (SSSR count). The molecule has 1 aromatic heterocycles. The van der Waals surface area contributed by atoms with Gasteiger partial charge in [-0.05, 0) is 23.1 Å². The van der Waals surface area contributed by atoms with Crippen LogP contribution in [0, 0.1) is 5.41 Å². The summed E-state index contributed by atoms with van der Waals surface area (Å²) in [6, 6.07) is 5.91. The smallest absolute Gasteiger partial charge is 0.195 e. The molecule has 2 aromatic rings. The third-order valence-corrected chi connectivity index (χ3v) is 2.41. The first kappa shape index (κ1) is 11.1. The third kappa shape index (κ3) is 2.42. The van der Waals surface area contributed by atoms with Gasteiger partial charge in [-0.3, -0.25) is 0 Å². The predicted molar refractivity (Wildman–Crippen MR) is 65.1 cm³/mol. The summed E-state index contributed by atoms with van der Waals surface area (Å²) in [7, 11) is 0. The average molecular weight is 218 g/mol. The SMILES string of the molecule is CC(C)(C)Cc1nc2cc(CN)ccc2o1. The second-order valence-corrected chi connectivity index (χ2v) is 5.35. The van der Waals surface area contributed by atoms with E-state index in [4.69, 9.17) is 10.2 Å². The van der Waals surface area contributed by atoms with Crippen molar-refractivity contribution in [2.45, 2.75) is 33.7 Å². The van der Waals surface area contributed by atoms with Crippen LogP contribution in [0.25, 0.3) is 11.1 Å². The summed E-state index contributed by atoms with van der Waals surface area (Å²) in [5.74, 6) is 0.802. The summed E-state index contributed by atoms with van der Waals surface area (Å²) in [6.07, 6.45) is 0.847. The molecule has 0 saturated heterocycles. The predicted octanol–water partition coefficient (Wildman–Crippen LogP) is 2.88. The van der Waals surface area contributed by atoms with Gasteiger partial charge in [0.25, 0.3) is 0 Å². The second kappa shape index (κ2) is 3.91. The molecule has 0 aliphatic rings. The number of aromatic nitrogens is 1. The lowest BCUT2D eigenvalue weighted by Crippen LogP contribution is -2.09. The van der Waals surface area contributed by atoms with Gasteiger partial charge >= 0.3 is 0 Å². The van der Waals surface area contributed by atoms with Crippen LogP contribution in [-0.4, -0.2) is 4.98 Å². The van der Waals surface area contributed by atoms with Gasteiger partial charge in [0, 0.05) is 13.0 Å². The zero-order valence-electron chi connectivity index (χ0n) is 10.1. The normalized spacial score (nSPS) is 12.2. The van der Waals surface area contributed by atoms with E-state index in [9.17, 15) is 0 Å². The molecule has 3 nitrogen and oxygen atoms in total. The molecule has 0 spiro atoms. The lowest BCUT2D eigenvalue weighted by molar-refractivity contribution is 0.362. The number of rotatable bonds is 2. The Hall–Kier alpha value is -1.35. The van der Waals surface area contributed by atoms with Crippen LogP contribution in [0.4, 0.5) is 0 Å². The fourth-order valence-electron chi connectivity index (χ4n) is 1.68. The van der Waals surface area contributed by atoms with Crippen molar-refractivity contribution in [2.75, 3.05) is 0 Å². The summed E-state index contributed by atoms with van der Waals surface area (Å²) >= 11 is 0. The first-order valence-electron chi connectivity index (χ1n) is 5.56. The lowest BCUT2D eigenvalue weighted by Gasteiger charge is -2.14. The number of nitrogens with zero attached hydrogens (tertiary/aromatic N) is 1. The molecule has 0 unspecified atom stereocenters. The van der Waals surface area contributed by atoms with E-state index >= 15 is 0 Å². The molecular weight excluding hydrogens is 200 g/mol. The summed E-state index contributed by atoms with van der Waals surface area (Å²) in [5, 5.41) is 0. The molecule has 0 aliphatic carbocycles. The zero-order chi connectivity index (χ0) is 11.8. The van der Waals surface area contributed by atoms with Crippen molar-refractivity contribution in [3.63, 3.8) is 0 Å². The highest BCUT2D eigenvalue weighted by Gasteiger charge is 2.16. The molecule has 0 bridgehead atoms. The largest absolute Gasteiger partial charge is 0.441 e. The Morgan fingerprint density at radius 2 is 2.06 bits per heavy atom. The van der Waals surface area contributed by atoms with E-state index in [0.29, 0.717) is 6.54 Å². The maximum Gasteiger partial charge on any atom is 0.195 e. The lowest BCUT2D eigenvalue weighted by atomic mass is 9.92. The van der Waals surface area contributed by atoms with Crippen molar-refractivity contribution in [3.8, 4) is 0 Å². The van der Waals surface area contributed by atoms with Crippen LogP contribution in [0.1, 0.15) is 32.2 Å². The average Bonchev–Trinajstić information content (AvgIpc) is 2.55. The number of hydrogen-bond donors (Lipinski definition) is 1. The molecule has 0 atom stereocenters. The highest BCUT2D eigenvalue weighted by molar-refractivity contribution is 5.73. The summed E-state index contributed by atoms with van der Waals surface area (Å²) < 4.78 is 5.69. The van der Waals surface area contributed by atoms with Crippen molar-refractivity contribution in [1.82, 2.24) is 4.98 Å². The van der Waals surface area contributed by atoms with E-state index < -0.39 is 0 Å². The van der Waals surface area contributed by atoms with E-state index in [1.807, 2.05) is 18.2 Å². The van der Waals surface area contributed by atoms with Gasteiger partial charge in [-0.25, -0.2) is 4.98 Å². The summed E-state index contributed by atoms with van der Waals surface area (Å²) in [6.45, 7) is 7.06. The standard InChI is InChI=1S/C13H18N2O/c1-13(2,3)7-12-15-10-6-9(8-14)4-5-11(10)16-12/h4-6H,7-8,14H2,1-3H3. The minimum atomic E-state index is 0.192. The highest BCUT2D eigenvalue weighted by atomic mass is 16.3. The monoisotopic (exact) mass is 218 g/mol. The van der Waals surface area contributed by atoms with E-state index in [1.165, 1.54) is 0 Å². The van der Waals surface area contributed by atoms with Crippen molar-refractivity contribution in [1.29, 1.82) is 0 Å². The fourth-order valence-corrected chi connectivity index (χ4v) is 1.68. The first-order chi connectivity index (χ1) is 7.48. The van der Waals surface area contributed by atoms with Crippen molar-refractivity contribution in [3.05, 3.63) is 29.7 Å². The Bertz CT molecular complexity index is 494. The van der Waals surface area contributed by atoms with Crippen LogP contribution in [0.5, 0.6) is 0 Å². The Labute approximate surface area is 95.7 Å². The number of fused-ring (bicyclic) bond motifs is 1. The minimum Gasteiger partial charge on any atom is -0.441 e. The number of benzene rings is 1. The number of oxazole rings is 1. The molecule has 16 heavy (non-hydrogen) atoms. The molecule has 2 N–H and O–H groups in total. The molecule has 1 heterocycles. The Balaban J connectivity index is 2.36. The number of nitrogens with two attached hydrogens (primary N) is 1. The maximum atomic E-state index is 5.69. The van der Waals surface area contributed by atoms with Gasteiger partial charge in [0.2, 0.25) is 0 Å². The van der Waals surface area contributed by atoms with E-state index in [2.05, 4.69) is 25.8 Å². The summed E-state index contributed by atoms with van der Waals surface area (Å²) in [4.78, 5) is 4.48. The highest BCUT2D eigenvalue weighted by Crippen LogP contribution is 2.23. The van der Waals surface area contributed by atoms with Crippen LogP contribution in [0.3, 0.4) is 0 Å². The fraction of sp³-hybridized carbons (Fsp3) is 0.462. The van der Waals surface area contributed by atoms with E-state index in [0.717, 1.165) is 29.0 Å². The molecule has 0 fully saturated rings. The van der Waals surface area contributed by atoms with Crippen LogP contribution in [0.15, 0.2) is 22.6 Å². The van der Waals surface area contributed by atoms with Crippen molar-refractivity contribution in [2.24, 2.45) is 11.1 Å². The zero-order valence-corrected chi connectivity index (χ0v) is 10.1. The topological polar surface area (TPSA) is 52.0 Å². The van der Waals surface area contributed by atoms with Gasteiger partial charge in [-0.15, -0.1) is 0 Å². The van der Waals surface area contributed by atoms with Crippen LogP contribution in [0.2, 0.25) is 0 Å². The summed E-state index contributed by atoms with van der Waals surface area (Å²) in [5.41, 5.74) is 8.62. The van der Waals surface area contributed by atoms with Crippen LogP contribution < -0.4 is 5.73 Å². The molecule has 1 aromatic carbocycles. The Morgan fingerprint density at radius 3 is 2.69 bits per heavy atom. The van der Waals surface area contributed by atoms with Gasteiger partial charge in [0.05, 0.1) is 0 Å². The number of hydrogen-bond acceptors (Lipinski definition) is 3. The maximum absolute atomic E-state index is 5.69. The van der Waals surface area contributed by atoms with Crippen LogP contribution in [-0.2, 0) is 13.0 Å². The quantitative estimate of drug-likeness (QED) is 0.843. The molecular formula is C13H18N2O. The first-order valence-corrected chi connectivity index (χ1v) is 5.56. The van der Waals surface area contributed by atoms with Crippen molar-refractivity contribution < 1.29 is 4.42 Å². The van der Waals surface area contributed by atoms with Gasteiger partial charge in [-0.2, -0.15) is 0 Å². The van der Waals surface area contributed by atoms with Crippen LogP contribution >= 0.6 is 0 Å². The van der Waals surface area contributed by atoms with Crippen molar-refractivity contribution >= 4 is 11.1 Å². The minimum absolute atomic E-state index is 0.192. The molecule has 0 aliphatic heterocycles. The molecule has 0 radical (unpaired) electrons. The Morgan fingerprint density at radius 1 is 1.31 bits per heavy atom. The molecule has 0 saturated carbocycles. The molecule has 0 amide bonds. The van der Waals surface area contributed by atoms with Gasteiger partial charge in [-0.1, -0.05) is 26.8 Å². The van der Waals surface area contributed by atoms with E-state index in [1.54, 1.807) is 0 Å². The van der Waals surface area contributed by atoms with Gasteiger partial charge < -0.3 is 10.2 Å². The molecule has 86 valence electrons. The van der Waals surface area contributed by atoms with Gasteiger partial charge in [0.15, 0.2) is 11.5 Å². The Kier molecular flexibility index (Phi) is 2.72. The second-order valence-electron chi connectivity index (χ2n) is 5.35. The van der Waals surface area contributed by atoms with E-state index in [-0.39, 0.29) is 5.41 Å². The molecule has 3 heteroatoms. The van der Waals surface area contributed by atoms with Gasteiger partial charge in [0.1, 0.15) is 5.52 Å². The third-order valence-electron chi connectivity index (χ3n) is 2.41.